The maximum absolute atomic E-state index is 13.0. The lowest BCUT2D eigenvalue weighted by Gasteiger charge is -2.35. The maximum atomic E-state index is 13.0. The van der Waals surface area contributed by atoms with Crippen LogP contribution in [0.3, 0.4) is 0 Å². The fourth-order valence-corrected chi connectivity index (χ4v) is 4.84. The highest BCUT2D eigenvalue weighted by Gasteiger charge is 2.33. The van der Waals surface area contributed by atoms with Crippen molar-refractivity contribution in [2.75, 3.05) is 24.5 Å². The van der Waals surface area contributed by atoms with Gasteiger partial charge in [0, 0.05) is 60.1 Å². The van der Waals surface area contributed by atoms with Crippen molar-refractivity contribution in [1.82, 2.24) is 4.90 Å². The lowest BCUT2D eigenvalue weighted by atomic mass is 9.92. The van der Waals surface area contributed by atoms with Crippen LogP contribution in [0.25, 0.3) is 10.8 Å². The third-order valence-electron chi connectivity index (χ3n) is 6.48. The lowest BCUT2D eigenvalue weighted by Crippen LogP contribution is -2.41. The number of nitrogens with zero attached hydrogens (tertiary/aromatic N) is 2. The topological polar surface area (TPSA) is 66.9 Å². The number of piperidine rings is 1. The predicted molar refractivity (Wildman–Crippen MR) is 127 cm³/mol. The summed E-state index contributed by atoms with van der Waals surface area (Å²) in [5.74, 6) is -0.725. The molecule has 0 aromatic heterocycles. The molecule has 0 N–H and O–H groups in total. The molecule has 3 aromatic carbocycles. The van der Waals surface area contributed by atoms with Crippen LogP contribution in [-0.4, -0.2) is 48.4 Å². The zero-order valence-corrected chi connectivity index (χ0v) is 18.6. The van der Waals surface area contributed by atoms with E-state index in [1.165, 1.54) is 4.90 Å². The molecule has 2 amide bonds. The molecular weight excluding hydrogens is 416 g/mol. The number of rotatable bonds is 5. The number of benzene rings is 3. The van der Waals surface area contributed by atoms with Gasteiger partial charge in [-0.1, -0.05) is 37.3 Å². The fraction of sp³-hybridized carbons (Fsp3) is 0.296. The lowest BCUT2D eigenvalue weighted by molar-refractivity contribution is 0.0245. The van der Waals surface area contributed by atoms with Gasteiger partial charge in [0.2, 0.25) is 0 Å². The number of carbonyl (C=O) groups is 3. The molecule has 0 atom stereocenters. The molecule has 33 heavy (non-hydrogen) atoms. The highest BCUT2D eigenvalue weighted by molar-refractivity contribution is 6.26. The van der Waals surface area contributed by atoms with Crippen molar-refractivity contribution >= 4 is 34.2 Å². The summed E-state index contributed by atoms with van der Waals surface area (Å²) in [6.45, 7) is 3.84. The van der Waals surface area contributed by atoms with Crippen molar-refractivity contribution < 1.29 is 19.1 Å². The molecule has 168 valence electrons. The van der Waals surface area contributed by atoms with Crippen molar-refractivity contribution in [1.29, 1.82) is 0 Å². The van der Waals surface area contributed by atoms with Crippen LogP contribution >= 0.6 is 0 Å². The summed E-state index contributed by atoms with van der Waals surface area (Å²) in [6.07, 6.45) is 2.05. The summed E-state index contributed by atoms with van der Waals surface area (Å²) >= 11 is 0. The smallest absolute Gasteiger partial charge is 0.338 e. The Morgan fingerprint density at radius 2 is 1.61 bits per heavy atom. The summed E-state index contributed by atoms with van der Waals surface area (Å²) in [5, 5.41) is 1.66. The van der Waals surface area contributed by atoms with E-state index >= 15 is 0 Å². The molecule has 6 heteroatoms. The van der Waals surface area contributed by atoms with Gasteiger partial charge in [0.1, 0.15) is 6.10 Å². The number of anilines is 1. The molecule has 0 radical (unpaired) electrons. The van der Waals surface area contributed by atoms with Gasteiger partial charge < -0.3 is 9.64 Å². The number of carbonyl (C=O) groups excluding carboxylic acids is 3. The number of amides is 2. The van der Waals surface area contributed by atoms with Gasteiger partial charge in [0.15, 0.2) is 0 Å². The Hall–Kier alpha value is -3.67. The summed E-state index contributed by atoms with van der Waals surface area (Å²) in [5.41, 5.74) is 2.75. The van der Waals surface area contributed by atoms with Gasteiger partial charge in [0.25, 0.3) is 11.8 Å². The van der Waals surface area contributed by atoms with Crippen LogP contribution in [0.1, 0.15) is 57.3 Å². The van der Waals surface area contributed by atoms with Crippen molar-refractivity contribution in [3.05, 3.63) is 77.4 Å². The molecular formula is C27H26N2O4. The van der Waals surface area contributed by atoms with E-state index < -0.39 is 0 Å². The molecule has 2 heterocycles. The molecule has 1 saturated heterocycles. The first kappa shape index (κ1) is 21.2. The maximum Gasteiger partial charge on any atom is 0.338 e. The fourth-order valence-electron chi connectivity index (χ4n) is 4.84. The zero-order valence-electron chi connectivity index (χ0n) is 18.6. The largest absolute Gasteiger partial charge is 0.459 e. The van der Waals surface area contributed by atoms with Gasteiger partial charge in [-0.2, -0.15) is 0 Å². The van der Waals surface area contributed by atoms with E-state index in [1.54, 1.807) is 12.1 Å². The standard InChI is InChI=1S/C27H26N2O4/c1-2-15-29-25(30)21-10-6-9-20-23(12-11-22(24(20)21)26(29)31)28-16-13-19(14-17-28)33-27(32)18-7-4-3-5-8-18/h3-12,19H,2,13-17H2,1H3. The molecule has 6 nitrogen and oxygen atoms in total. The summed E-state index contributed by atoms with van der Waals surface area (Å²) in [7, 11) is 0. The summed E-state index contributed by atoms with van der Waals surface area (Å²) in [6, 6.07) is 18.6. The molecule has 0 spiro atoms. The Morgan fingerprint density at radius 3 is 2.30 bits per heavy atom. The Morgan fingerprint density at radius 1 is 0.909 bits per heavy atom. The van der Waals surface area contributed by atoms with E-state index in [9.17, 15) is 14.4 Å². The van der Waals surface area contributed by atoms with E-state index in [-0.39, 0.29) is 23.9 Å². The van der Waals surface area contributed by atoms with Gasteiger partial charge >= 0.3 is 5.97 Å². The second kappa shape index (κ2) is 8.70. The highest BCUT2D eigenvalue weighted by Crippen LogP contribution is 2.37. The first-order valence-corrected chi connectivity index (χ1v) is 11.5. The van der Waals surface area contributed by atoms with Crippen LogP contribution in [0.2, 0.25) is 0 Å². The normalized spacial score (nSPS) is 16.4. The van der Waals surface area contributed by atoms with E-state index in [2.05, 4.69) is 4.90 Å². The monoisotopic (exact) mass is 442 g/mol. The predicted octanol–water partition coefficient (Wildman–Crippen LogP) is 4.67. The number of imide groups is 1. The van der Waals surface area contributed by atoms with Crippen LogP contribution < -0.4 is 4.90 Å². The quantitative estimate of drug-likeness (QED) is 0.424. The number of ether oxygens (including phenoxy) is 1. The van der Waals surface area contributed by atoms with Crippen molar-refractivity contribution in [2.24, 2.45) is 0 Å². The second-order valence-electron chi connectivity index (χ2n) is 8.58. The van der Waals surface area contributed by atoms with Crippen LogP contribution in [0.4, 0.5) is 5.69 Å². The van der Waals surface area contributed by atoms with Crippen LogP contribution in [-0.2, 0) is 4.74 Å². The Labute approximate surface area is 192 Å². The van der Waals surface area contributed by atoms with Crippen molar-refractivity contribution in [3.8, 4) is 0 Å². The average Bonchev–Trinajstić information content (AvgIpc) is 2.86. The Balaban J connectivity index is 1.37. The molecule has 0 aliphatic carbocycles. The van der Waals surface area contributed by atoms with Gasteiger partial charge in [-0.15, -0.1) is 0 Å². The Bertz CT molecular complexity index is 1210. The van der Waals surface area contributed by atoms with Crippen LogP contribution in [0.15, 0.2) is 60.7 Å². The molecule has 0 saturated carbocycles. The minimum Gasteiger partial charge on any atom is -0.459 e. The van der Waals surface area contributed by atoms with Crippen LogP contribution in [0.5, 0.6) is 0 Å². The van der Waals surface area contributed by atoms with Gasteiger partial charge in [-0.25, -0.2) is 4.79 Å². The Kier molecular flexibility index (Phi) is 5.58. The van der Waals surface area contributed by atoms with Gasteiger partial charge in [0.05, 0.1) is 5.56 Å². The minimum atomic E-state index is -0.288. The van der Waals surface area contributed by atoms with Crippen molar-refractivity contribution in [3.63, 3.8) is 0 Å². The molecule has 1 fully saturated rings. The summed E-state index contributed by atoms with van der Waals surface area (Å²) < 4.78 is 5.72. The number of hydrogen-bond donors (Lipinski definition) is 0. The van der Waals surface area contributed by atoms with Crippen molar-refractivity contribution in [2.45, 2.75) is 32.3 Å². The molecule has 2 aliphatic rings. The minimum absolute atomic E-state index is 0.125. The van der Waals surface area contributed by atoms with E-state index in [1.807, 2.05) is 55.5 Å². The van der Waals surface area contributed by atoms with Gasteiger partial charge in [-0.3, -0.25) is 14.5 Å². The average molecular weight is 443 g/mol. The second-order valence-corrected chi connectivity index (χ2v) is 8.58. The zero-order chi connectivity index (χ0) is 22.9. The molecule has 3 aromatic rings. The number of hydrogen-bond acceptors (Lipinski definition) is 5. The van der Waals surface area contributed by atoms with Gasteiger partial charge in [-0.05, 0) is 36.8 Å². The molecule has 5 rings (SSSR count). The van der Waals surface area contributed by atoms with Crippen LogP contribution in [0, 0.1) is 0 Å². The highest BCUT2D eigenvalue weighted by atomic mass is 16.5. The molecule has 0 unspecified atom stereocenters. The van der Waals surface area contributed by atoms with E-state index in [0.717, 1.165) is 48.8 Å². The molecule has 2 aliphatic heterocycles. The molecule has 0 bridgehead atoms. The summed E-state index contributed by atoms with van der Waals surface area (Å²) in [4.78, 5) is 42.0. The van der Waals surface area contributed by atoms with E-state index in [0.29, 0.717) is 23.2 Å². The third kappa shape index (κ3) is 3.75. The number of esters is 1. The third-order valence-corrected chi connectivity index (χ3v) is 6.48. The van der Waals surface area contributed by atoms with E-state index in [4.69, 9.17) is 4.74 Å². The SMILES string of the molecule is CCCN1C(=O)c2cccc3c(N4CCC(OC(=O)c5ccccc5)CC4)ccc(c23)C1=O. The first-order valence-electron chi connectivity index (χ1n) is 11.5. The first-order chi connectivity index (χ1) is 16.1.